The summed E-state index contributed by atoms with van der Waals surface area (Å²) in [6.45, 7) is 1.43. The predicted molar refractivity (Wildman–Crippen MR) is 82.6 cm³/mol. The fraction of sp³-hybridized carbons (Fsp3) is 0.438. The van der Waals surface area contributed by atoms with Crippen molar-refractivity contribution in [3.8, 4) is 0 Å². The fourth-order valence-corrected chi connectivity index (χ4v) is 2.94. The van der Waals surface area contributed by atoms with Gasteiger partial charge in [-0.05, 0) is 30.7 Å². The van der Waals surface area contributed by atoms with Crippen LogP contribution in [-0.2, 0) is 13.5 Å². The molecule has 0 unspecified atom stereocenters. The van der Waals surface area contributed by atoms with Gasteiger partial charge >= 0.3 is 5.69 Å². The van der Waals surface area contributed by atoms with Gasteiger partial charge in [0.1, 0.15) is 0 Å². The first kappa shape index (κ1) is 14.6. The molecule has 1 aliphatic rings. The van der Waals surface area contributed by atoms with Gasteiger partial charge in [-0.25, -0.2) is 9.48 Å². The second-order valence-corrected chi connectivity index (χ2v) is 5.83. The normalized spacial score (nSPS) is 16.0. The minimum absolute atomic E-state index is 0.133. The van der Waals surface area contributed by atoms with E-state index in [-0.39, 0.29) is 17.4 Å². The topological polar surface area (TPSA) is 71.0 Å². The van der Waals surface area contributed by atoms with E-state index in [2.05, 4.69) is 34.3 Å². The summed E-state index contributed by atoms with van der Waals surface area (Å²) in [5.74, 6) is 0.555. The lowest BCUT2D eigenvalue weighted by Crippen LogP contribution is -2.39. The fourth-order valence-electron chi connectivity index (χ4n) is 2.94. The van der Waals surface area contributed by atoms with Crippen LogP contribution in [0.4, 0.5) is 0 Å². The van der Waals surface area contributed by atoms with Crippen molar-refractivity contribution in [2.75, 3.05) is 13.1 Å². The number of H-pyrrole nitrogens is 1. The molecular weight excluding hydrogens is 280 g/mol. The van der Waals surface area contributed by atoms with E-state index in [1.54, 1.807) is 4.90 Å². The summed E-state index contributed by atoms with van der Waals surface area (Å²) in [5.41, 5.74) is 0.989. The molecule has 2 aromatic rings. The molecule has 1 fully saturated rings. The number of piperidine rings is 1. The summed E-state index contributed by atoms with van der Waals surface area (Å²) in [5, 5.41) is 3.93. The van der Waals surface area contributed by atoms with Crippen molar-refractivity contribution in [3.63, 3.8) is 0 Å². The number of aryl methyl sites for hydroxylation is 1. The number of carbonyl (C=O) groups is 1. The second kappa shape index (κ2) is 6.17. The molecule has 0 bridgehead atoms. The van der Waals surface area contributed by atoms with E-state index in [4.69, 9.17) is 0 Å². The smallest absolute Gasteiger partial charge is 0.336 e. The Hall–Kier alpha value is -2.37. The van der Waals surface area contributed by atoms with E-state index >= 15 is 0 Å². The van der Waals surface area contributed by atoms with Crippen LogP contribution < -0.4 is 5.69 Å². The number of aromatic nitrogens is 3. The number of benzene rings is 1. The summed E-state index contributed by atoms with van der Waals surface area (Å²) in [6.07, 6.45) is 3.03. The SMILES string of the molecule is Cn1nc(C(=O)N2CCC(Cc3ccccc3)CC2)[nH]c1=O. The Balaban J connectivity index is 1.57. The van der Waals surface area contributed by atoms with Gasteiger partial charge in [-0.2, -0.15) is 0 Å². The summed E-state index contributed by atoms with van der Waals surface area (Å²) < 4.78 is 1.15. The maximum absolute atomic E-state index is 12.3. The highest BCUT2D eigenvalue weighted by Crippen LogP contribution is 2.22. The van der Waals surface area contributed by atoms with Crippen LogP contribution in [0.1, 0.15) is 29.0 Å². The monoisotopic (exact) mass is 300 g/mol. The highest BCUT2D eigenvalue weighted by molar-refractivity contribution is 5.90. The van der Waals surface area contributed by atoms with Gasteiger partial charge in [0.2, 0.25) is 5.82 Å². The van der Waals surface area contributed by atoms with E-state index in [9.17, 15) is 9.59 Å². The zero-order valence-corrected chi connectivity index (χ0v) is 12.7. The molecule has 22 heavy (non-hydrogen) atoms. The molecule has 1 aromatic carbocycles. The highest BCUT2D eigenvalue weighted by atomic mass is 16.2. The van der Waals surface area contributed by atoms with Crippen molar-refractivity contribution < 1.29 is 4.79 Å². The van der Waals surface area contributed by atoms with Crippen LogP contribution in [0, 0.1) is 5.92 Å². The first-order valence-corrected chi connectivity index (χ1v) is 7.60. The lowest BCUT2D eigenvalue weighted by molar-refractivity contribution is 0.0678. The maximum Gasteiger partial charge on any atom is 0.343 e. The maximum atomic E-state index is 12.3. The number of nitrogens with zero attached hydrogens (tertiary/aromatic N) is 3. The number of carbonyl (C=O) groups excluding carboxylic acids is 1. The summed E-state index contributed by atoms with van der Waals surface area (Å²) in [7, 11) is 1.53. The van der Waals surface area contributed by atoms with E-state index in [0.717, 1.165) is 37.0 Å². The van der Waals surface area contributed by atoms with Gasteiger partial charge in [-0.1, -0.05) is 30.3 Å². The van der Waals surface area contributed by atoms with Crippen LogP contribution in [0.25, 0.3) is 0 Å². The van der Waals surface area contributed by atoms with Crippen molar-refractivity contribution in [1.29, 1.82) is 0 Å². The molecule has 0 radical (unpaired) electrons. The van der Waals surface area contributed by atoms with Gasteiger partial charge in [0.05, 0.1) is 0 Å². The number of amides is 1. The summed E-state index contributed by atoms with van der Waals surface area (Å²) in [4.78, 5) is 27.9. The number of aromatic amines is 1. The molecule has 1 aromatic heterocycles. The van der Waals surface area contributed by atoms with Crippen molar-refractivity contribution >= 4 is 5.91 Å². The average Bonchev–Trinajstić information content (AvgIpc) is 2.88. The summed E-state index contributed by atoms with van der Waals surface area (Å²) in [6, 6.07) is 10.4. The quantitative estimate of drug-likeness (QED) is 0.926. The third-order valence-electron chi connectivity index (χ3n) is 4.24. The van der Waals surface area contributed by atoms with Crippen LogP contribution >= 0.6 is 0 Å². The third-order valence-corrected chi connectivity index (χ3v) is 4.24. The lowest BCUT2D eigenvalue weighted by Gasteiger charge is -2.31. The van der Waals surface area contributed by atoms with Crippen molar-refractivity contribution in [1.82, 2.24) is 19.7 Å². The number of rotatable bonds is 3. The molecule has 1 saturated heterocycles. The number of nitrogens with one attached hydrogen (secondary N) is 1. The van der Waals surface area contributed by atoms with E-state index in [0.29, 0.717) is 5.92 Å². The highest BCUT2D eigenvalue weighted by Gasteiger charge is 2.25. The van der Waals surface area contributed by atoms with Crippen molar-refractivity contribution in [2.45, 2.75) is 19.3 Å². The Morgan fingerprint density at radius 1 is 1.27 bits per heavy atom. The van der Waals surface area contributed by atoms with Gasteiger partial charge < -0.3 is 4.90 Å². The number of likely N-dealkylation sites (tertiary alicyclic amines) is 1. The van der Waals surface area contributed by atoms with Crippen LogP contribution in [0.2, 0.25) is 0 Å². The largest absolute Gasteiger partial charge is 0.343 e. The number of hydrogen-bond acceptors (Lipinski definition) is 3. The van der Waals surface area contributed by atoms with Gasteiger partial charge in [0.25, 0.3) is 5.91 Å². The number of hydrogen-bond donors (Lipinski definition) is 1. The van der Waals surface area contributed by atoms with Crippen LogP contribution in [-0.4, -0.2) is 38.7 Å². The lowest BCUT2D eigenvalue weighted by atomic mass is 9.90. The van der Waals surface area contributed by atoms with Gasteiger partial charge in [0.15, 0.2) is 0 Å². The molecule has 1 N–H and O–H groups in total. The van der Waals surface area contributed by atoms with Crippen LogP contribution in [0.5, 0.6) is 0 Å². The molecule has 1 amide bonds. The van der Waals surface area contributed by atoms with E-state index in [1.807, 2.05) is 6.07 Å². The third kappa shape index (κ3) is 3.10. The first-order valence-electron chi connectivity index (χ1n) is 7.60. The molecule has 1 aliphatic heterocycles. The standard InChI is InChI=1S/C16H20N4O2/c1-19-16(22)17-14(18-19)15(21)20-9-7-13(8-10-20)11-12-5-3-2-4-6-12/h2-6,13H,7-11H2,1H3,(H,17,18,22). The Morgan fingerprint density at radius 2 is 1.95 bits per heavy atom. The Kier molecular flexibility index (Phi) is 4.09. The molecule has 3 rings (SSSR count). The molecule has 0 saturated carbocycles. The van der Waals surface area contributed by atoms with Crippen molar-refractivity contribution in [2.24, 2.45) is 13.0 Å². The average molecular weight is 300 g/mol. The summed E-state index contributed by atoms with van der Waals surface area (Å²) >= 11 is 0. The molecule has 6 heteroatoms. The minimum Gasteiger partial charge on any atom is -0.336 e. The van der Waals surface area contributed by atoms with Gasteiger partial charge in [-0.3, -0.25) is 9.78 Å². The molecule has 6 nitrogen and oxygen atoms in total. The Labute approximate surface area is 128 Å². The minimum atomic E-state index is -0.359. The first-order chi connectivity index (χ1) is 10.6. The van der Waals surface area contributed by atoms with Crippen LogP contribution in [0.3, 0.4) is 0 Å². The predicted octanol–water partition coefficient (Wildman–Crippen LogP) is 1.20. The molecular formula is C16H20N4O2. The van der Waals surface area contributed by atoms with E-state index in [1.165, 1.54) is 12.6 Å². The van der Waals surface area contributed by atoms with Crippen molar-refractivity contribution in [3.05, 3.63) is 52.2 Å². The van der Waals surface area contributed by atoms with Gasteiger partial charge in [0, 0.05) is 20.1 Å². The molecule has 0 atom stereocenters. The molecule has 0 spiro atoms. The second-order valence-electron chi connectivity index (χ2n) is 5.83. The van der Waals surface area contributed by atoms with E-state index < -0.39 is 0 Å². The zero-order chi connectivity index (χ0) is 15.5. The van der Waals surface area contributed by atoms with Gasteiger partial charge in [-0.15, -0.1) is 5.10 Å². The Bertz CT molecular complexity index is 696. The molecule has 2 heterocycles. The molecule has 0 aliphatic carbocycles. The Morgan fingerprint density at radius 3 is 2.55 bits per heavy atom. The van der Waals surface area contributed by atoms with Crippen LogP contribution in [0.15, 0.2) is 35.1 Å². The zero-order valence-electron chi connectivity index (χ0n) is 12.7. The molecule has 116 valence electrons.